The number of anilines is 1. The van der Waals surface area contributed by atoms with Crippen molar-refractivity contribution in [1.82, 2.24) is 10.2 Å². The van der Waals surface area contributed by atoms with Crippen molar-refractivity contribution in [2.75, 3.05) is 11.1 Å². The Morgan fingerprint density at radius 1 is 1.16 bits per heavy atom. The lowest BCUT2D eigenvalue weighted by Crippen LogP contribution is -2.55. The second kappa shape index (κ2) is 13.1. The van der Waals surface area contributed by atoms with E-state index in [1.165, 1.54) is 17.0 Å². The minimum atomic E-state index is -1.15. The van der Waals surface area contributed by atoms with Crippen LogP contribution in [0.2, 0.25) is 5.02 Å². The Balaban J connectivity index is 2.55. The Labute approximate surface area is 229 Å². The number of hydrogen-bond donors (Lipinski definition) is 4. The quantitative estimate of drug-likeness (QED) is 0.310. The number of thiol groups is 1. The number of phenols is 1. The summed E-state index contributed by atoms with van der Waals surface area (Å²) in [5.74, 6) is -1.12. The van der Waals surface area contributed by atoms with Crippen LogP contribution in [-0.2, 0) is 14.3 Å². The molecule has 0 radical (unpaired) electrons. The van der Waals surface area contributed by atoms with E-state index in [1.807, 2.05) is 26.8 Å². The number of benzene rings is 2. The third kappa shape index (κ3) is 8.30. The third-order valence-corrected chi connectivity index (χ3v) is 6.35. The van der Waals surface area contributed by atoms with E-state index in [4.69, 9.17) is 16.3 Å². The van der Waals surface area contributed by atoms with Crippen molar-refractivity contribution in [3.05, 3.63) is 58.6 Å². The maximum atomic E-state index is 13.9. The molecule has 3 N–H and O–H groups in total. The fourth-order valence-corrected chi connectivity index (χ4v) is 4.24. The van der Waals surface area contributed by atoms with E-state index < -0.39 is 41.6 Å². The smallest absolute Gasteiger partial charge is 0.408 e. The fraction of sp³-hybridized carbons (Fsp3) is 0.444. The minimum Gasteiger partial charge on any atom is -0.508 e. The minimum absolute atomic E-state index is 0.0248. The zero-order valence-electron chi connectivity index (χ0n) is 22.0. The predicted octanol–water partition coefficient (Wildman–Crippen LogP) is 5.48. The first-order valence-electron chi connectivity index (χ1n) is 12.1. The molecular formula is C27H36ClN3O5S. The molecule has 0 aliphatic carbocycles. The van der Waals surface area contributed by atoms with E-state index in [2.05, 4.69) is 23.3 Å². The van der Waals surface area contributed by atoms with Crippen LogP contribution in [-0.4, -0.2) is 51.4 Å². The SMILES string of the molecule is CCC(C)N(C(=O)C(CS)NC(=O)OC(C)(C)C)C(C(=O)Nc1c(C)cccc1Cl)c1cccc(O)c1. The van der Waals surface area contributed by atoms with Crippen molar-refractivity contribution < 1.29 is 24.2 Å². The van der Waals surface area contributed by atoms with E-state index in [0.717, 1.165) is 5.56 Å². The van der Waals surface area contributed by atoms with Gasteiger partial charge < -0.3 is 25.4 Å². The summed E-state index contributed by atoms with van der Waals surface area (Å²) in [5.41, 5.74) is 0.804. The van der Waals surface area contributed by atoms with Crippen molar-refractivity contribution in [2.24, 2.45) is 0 Å². The summed E-state index contributed by atoms with van der Waals surface area (Å²) in [5, 5.41) is 16.0. The standard InChI is InChI=1S/C27H36ClN3O5S/c1-7-17(3)31(25(34)21(15-37)29-26(35)36-27(4,5)6)23(18-11-9-12-19(32)14-18)24(33)30-22-16(2)10-8-13-20(22)28/h8-14,17,21,23,32,37H,7,15H2,1-6H3,(H,29,35)(H,30,33). The number of aryl methyl sites for hydroxylation is 1. The Morgan fingerprint density at radius 2 is 1.81 bits per heavy atom. The van der Waals surface area contributed by atoms with Gasteiger partial charge in [0.05, 0.1) is 10.7 Å². The van der Waals surface area contributed by atoms with Crippen LogP contribution in [0, 0.1) is 6.92 Å². The van der Waals surface area contributed by atoms with Gasteiger partial charge in [0.2, 0.25) is 5.91 Å². The number of hydrogen-bond acceptors (Lipinski definition) is 6. The number of amides is 3. The van der Waals surface area contributed by atoms with Crippen LogP contribution in [0.5, 0.6) is 5.75 Å². The van der Waals surface area contributed by atoms with Crippen LogP contribution in [0.15, 0.2) is 42.5 Å². The summed E-state index contributed by atoms with van der Waals surface area (Å²) in [7, 11) is 0. The van der Waals surface area contributed by atoms with Gasteiger partial charge in [0.15, 0.2) is 0 Å². The number of aromatic hydroxyl groups is 1. The highest BCUT2D eigenvalue weighted by atomic mass is 35.5. The van der Waals surface area contributed by atoms with Crippen molar-refractivity contribution >= 4 is 47.8 Å². The van der Waals surface area contributed by atoms with Gasteiger partial charge in [0, 0.05) is 11.8 Å². The number of carbonyl (C=O) groups is 3. The summed E-state index contributed by atoms with van der Waals surface area (Å²) >= 11 is 10.6. The number of rotatable bonds is 9. The van der Waals surface area contributed by atoms with Crippen LogP contribution in [0.25, 0.3) is 0 Å². The van der Waals surface area contributed by atoms with Gasteiger partial charge in [-0.3, -0.25) is 9.59 Å². The highest BCUT2D eigenvalue weighted by Gasteiger charge is 2.38. The molecule has 2 rings (SSSR count). The lowest BCUT2D eigenvalue weighted by atomic mass is 9.99. The van der Waals surface area contributed by atoms with Crippen LogP contribution in [0.3, 0.4) is 0 Å². The molecule has 0 bridgehead atoms. The zero-order valence-corrected chi connectivity index (χ0v) is 23.7. The molecule has 0 saturated carbocycles. The average Bonchev–Trinajstić information content (AvgIpc) is 2.81. The van der Waals surface area contributed by atoms with E-state index >= 15 is 0 Å². The molecule has 0 aromatic heterocycles. The molecule has 3 amide bonds. The Hall–Kier alpha value is -2.91. The molecule has 3 atom stereocenters. The summed E-state index contributed by atoms with van der Waals surface area (Å²) in [6.07, 6.45) is -0.250. The van der Waals surface area contributed by atoms with Crippen molar-refractivity contribution in [3.8, 4) is 5.75 Å². The summed E-state index contributed by atoms with van der Waals surface area (Å²) in [4.78, 5) is 41.6. The highest BCUT2D eigenvalue weighted by Crippen LogP contribution is 2.32. The molecule has 0 fully saturated rings. The van der Waals surface area contributed by atoms with Crippen molar-refractivity contribution in [2.45, 2.75) is 71.7 Å². The highest BCUT2D eigenvalue weighted by molar-refractivity contribution is 7.80. The molecule has 202 valence electrons. The second-order valence-electron chi connectivity index (χ2n) is 9.80. The first-order chi connectivity index (χ1) is 17.3. The van der Waals surface area contributed by atoms with Gasteiger partial charge in [0.1, 0.15) is 23.4 Å². The van der Waals surface area contributed by atoms with Gasteiger partial charge in [-0.05, 0) is 70.4 Å². The number of halogens is 1. The lowest BCUT2D eigenvalue weighted by molar-refractivity contribution is -0.142. The van der Waals surface area contributed by atoms with Crippen molar-refractivity contribution in [3.63, 3.8) is 0 Å². The van der Waals surface area contributed by atoms with Gasteiger partial charge in [-0.1, -0.05) is 42.8 Å². The van der Waals surface area contributed by atoms with E-state index in [9.17, 15) is 19.5 Å². The number of nitrogens with zero attached hydrogens (tertiary/aromatic N) is 1. The molecule has 0 heterocycles. The van der Waals surface area contributed by atoms with Crippen LogP contribution >= 0.6 is 24.2 Å². The number of para-hydroxylation sites is 1. The summed E-state index contributed by atoms with van der Waals surface area (Å²) in [6.45, 7) is 10.7. The monoisotopic (exact) mass is 549 g/mol. The Bertz CT molecular complexity index is 1100. The molecule has 37 heavy (non-hydrogen) atoms. The molecular weight excluding hydrogens is 514 g/mol. The third-order valence-electron chi connectivity index (χ3n) is 5.67. The summed E-state index contributed by atoms with van der Waals surface area (Å²) < 4.78 is 5.32. The molecule has 8 nitrogen and oxygen atoms in total. The van der Waals surface area contributed by atoms with Gasteiger partial charge in [-0.15, -0.1) is 0 Å². The molecule has 3 unspecified atom stereocenters. The first kappa shape index (κ1) is 30.3. The summed E-state index contributed by atoms with van der Waals surface area (Å²) in [6, 6.07) is 8.78. The maximum absolute atomic E-state index is 13.9. The van der Waals surface area contributed by atoms with E-state index in [-0.39, 0.29) is 11.5 Å². The van der Waals surface area contributed by atoms with E-state index in [0.29, 0.717) is 22.7 Å². The molecule has 2 aromatic carbocycles. The topological polar surface area (TPSA) is 108 Å². The fourth-order valence-electron chi connectivity index (χ4n) is 3.73. The number of phenolic OH excluding ortho intramolecular Hbond substituents is 1. The van der Waals surface area contributed by atoms with E-state index in [1.54, 1.807) is 45.0 Å². The molecule has 0 spiro atoms. The molecule has 0 aliphatic heterocycles. The van der Waals surface area contributed by atoms with Gasteiger partial charge in [-0.2, -0.15) is 12.6 Å². The van der Waals surface area contributed by atoms with Crippen LogP contribution in [0.4, 0.5) is 10.5 Å². The Morgan fingerprint density at radius 3 is 2.35 bits per heavy atom. The Kier molecular flexibility index (Phi) is 10.7. The van der Waals surface area contributed by atoms with Crippen LogP contribution < -0.4 is 10.6 Å². The predicted molar refractivity (Wildman–Crippen MR) is 149 cm³/mol. The molecule has 0 saturated heterocycles. The average molecular weight is 550 g/mol. The second-order valence-corrected chi connectivity index (χ2v) is 10.6. The first-order valence-corrected chi connectivity index (χ1v) is 13.1. The maximum Gasteiger partial charge on any atom is 0.408 e. The zero-order chi connectivity index (χ0) is 27.9. The molecule has 0 aliphatic rings. The lowest BCUT2D eigenvalue weighted by Gasteiger charge is -2.38. The molecule has 10 heteroatoms. The number of alkyl carbamates (subject to hydrolysis) is 1. The normalized spacial score (nSPS) is 13.7. The largest absolute Gasteiger partial charge is 0.508 e. The number of nitrogens with one attached hydrogen (secondary N) is 2. The van der Waals surface area contributed by atoms with Gasteiger partial charge >= 0.3 is 6.09 Å². The number of ether oxygens (including phenoxy) is 1. The number of carbonyl (C=O) groups excluding carboxylic acids is 3. The van der Waals surface area contributed by atoms with Gasteiger partial charge in [0.25, 0.3) is 5.91 Å². The van der Waals surface area contributed by atoms with Gasteiger partial charge in [-0.25, -0.2) is 4.79 Å². The van der Waals surface area contributed by atoms with Crippen molar-refractivity contribution in [1.29, 1.82) is 0 Å². The van der Waals surface area contributed by atoms with Crippen LogP contribution in [0.1, 0.15) is 58.2 Å². The molecule has 2 aromatic rings.